The van der Waals surface area contributed by atoms with Crippen LogP contribution in [0, 0.1) is 6.92 Å². The second kappa shape index (κ2) is 8.01. The molecule has 6 nitrogen and oxygen atoms in total. The van der Waals surface area contributed by atoms with Crippen LogP contribution in [0.4, 0.5) is 0 Å². The molecular formula is C19H20ClN5O. The highest BCUT2D eigenvalue weighted by Crippen LogP contribution is 2.19. The zero-order valence-electron chi connectivity index (χ0n) is 14.7. The van der Waals surface area contributed by atoms with Gasteiger partial charge >= 0.3 is 0 Å². The van der Waals surface area contributed by atoms with Gasteiger partial charge in [0.2, 0.25) is 5.91 Å². The number of carbonyl (C=O) groups is 1. The predicted octanol–water partition coefficient (Wildman–Crippen LogP) is 2.96. The van der Waals surface area contributed by atoms with E-state index in [9.17, 15) is 4.79 Å². The maximum atomic E-state index is 12.2. The SMILES string of the molecule is Cc1nn(C)c(Cl)c1/C=C/C(=O)NCc1ccccc1Cn1cccn1. The average molecular weight is 370 g/mol. The number of hydrogen-bond donors (Lipinski definition) is 1. The summed E-state index contributed by atoms with van der Waals surface area (Å²) in [6.07, 6.45) is 6.83. The van der Waals surface area contributed by atoms with E-state index in [1.54, 1.807) is 24.0 Å². The smallest absolute Gasteiger partial charge is 0.244 e. The zero-order valence-corrected chi connectivity index (χ0v) is 15.4. The molecule has 1 N–H and O–H groups in total. The van der Waals surface area contributed by atoms with Crippen LogP contribution in [0.15, 0.2) is 48.8 Å². The number of aromatic nitrogens is 4. The van der Waals surface area contributed by atoms with Crippen LogP contribution in [-0.4, -0.2) is 25.5 Å². The molecule has 134 valence electrons. The van der Waals surface area contributed by atoms with Crippen molar-refractivity contribution in [2.24, 2.45) is 7.05 Å². The van der Waals surface area contributed by atoms with E-state index in [1.165, 1.54) is 6.08 Å². The highest BCUT2D eigenvalue weighted by Gasteiger charge is 2.09. The zero-order chi connectivity index (χ0) is 18.5. The lowest BCUT2D eigenvalue weighted by Gasteiger charge is -2.10. The Bertz CT molecular complexity index is 928. The fourth-order valence-electron chi connectivity index (χ4n) is 2.69. The monoisotopic (exact) mass is 369 g/mol. The molecule has 0 bridgehead atoms. The molecule has 0 aliphatic carbocycles. The summed E-state index contributed by atoms with van der Waals surface area (Å²) in [7, 11) is 1.77. The third-order valence-electron chi connectivity index (χ3n) is 4.06. The highest BCUT2D eigenvalue weighted by molar-refractivity contribution is 6.31. The Hall–Kier alpha value is -2.86. The summed E-state index contributed by atoms with van der Waals surface area (Å²) in [4.78, 5) is 12.2. The molecule has 0 radical (unpaired) electrons. The lowest BCUT2D eigenvalue weighted by Crippen LogP contribution is -2.21. The lowest BCUT2D eigenvalue weighted by molar-refractivity contribution is -0.116. The summed E-state index contributed by atoms with van der Waals surface area (Å²) in [6, 6.07) is 9.88. The highest BCUT2D eigenvalue weighted by atomic mass is 35.5. The van der Waals surface area contributed by atoms with Crippen molar-refractivity contribution in [2.45, 2.75) is 20.0 Å². The topological polar surface area (TPSA) is 64.7 Å². The van der Waals surface area contributed by atoms with E-state index in [0.29, 0.717) is 18.2 Å². The summed E-state index contributed by atoms with van der Waals surface area (Å²) >= 11 is 6.17. The molecule has 3 rings (SSSR count). The van der Waals surface area contributed by atoms with Crippen molar-refractivity contribution in [3.63, 3.8) is 0 Å². The molecule has 0 aliphatic heterocycles. The number of halogens is 1. The number of amides is 1. The van der Waals surface area contributed by atoms with Crippen LogP contribution in [-0.2, 0) is 24.9 Å². The van der Waals surface area contributed by atoms with Gasteiger partial charge in [-0.2, -0.15) is 10.2 Å². The Kier molecular flexibility index (Phi) is 5.53. The van der Waals surface area contributed by atoms with E-state index < -0.39 is 0 Å². The molecule has 0 saturated carbocycles. The van der Waals surface area contributed by atoms with Gasteiger partial charge in [0.15, 0.2) is 0 Å². The van der Waals surface area contributed by atoms with Crippen LogP contribution in [0.3, 0.4) is 0 Å². The Balaban J connectivity index is 1.64. The van der Waals surface area contributed by atoms with Crippen molar-refractivity contribution in [2.75, 3.05) is 0 Å². The molecular weight excluding hydrogens is 350 g/mol. The minimum atomic E-state index is -0.182. The van der Waals surface area contributed by atoms with Crippen molar-refractivity contribution in [3.05, 3.63) is 76.3 Å². The number of nitrogens with one attached hydrogen (secondary N) is 1. The fraction of sp³-hybridized carbons (Fsp3) is 0.211. The minimum Gasteiger partial charge on any atom is -0.348 e. The molecule has 0 saturated heterocycles. The number of nitrogens with zero attached hydrogens (tertiary/aromatic N) is 4. The van der Waals surface area contributed by atoms with E-state index in [2.05, 4.69) is 15.5 Å². The molecule has 2 aromatic heterocycles. The fourth-order valence-corrected chi connectivity index (χ4v) is 2.93. The van der Waals surface area contributed by atoms with Gasteiger partial charge in [0, 0.05) is 37.6 Å². The first-order valence-corrected chi connectivity index (χ1v) is 8.61. The molecule has 3 aromatic rings. The Morgan fingerprint density at radius 1 is 1.27 bits per heavy atom. The minimum absolute atomic E-state index is 0.182. The van der Waals surface area contributed by atoms with E-state index in [-0.39, 0.29) is 5.91 Å². The first-order chi connectivity index (χ1) is 12.5. The van der Waals surface area contributed by atoms with Crippen LogP contribution in [0.1, 0.15) is 22.4 Å². The van der Waals surface area contributed by atoms with E-state index in [1.807, 2.05) is 48.1 Å². The molecule has 26 heavy (non-hydrogen) atoms. The van der Waals surface area contributed by atoms with Crippen LogP contribution in [0.2, 0.25) is 5.15 Å². The van der Waals surface area contributed by atoms with Gasteiger partial charge in [0.1, 0.15) is 5.15 Å². The molecule has 0 aliphatic rings. The maximum Gasteiger partial charge on any atom is 0.244 e. The van der Waals surface area contributed by atoms with Crippen LogP contribution >= 0.6 is 11.6 Å². The second-order valence-corrected chi connectivity index (χ2v) is 6.30. The van der Waals surface area contributed by atoms with Crippen LogP contribution in [0.25, 0.3) is 6.08 Å². The predicted molar refractivity (Wildman–Crippen MR) is 102 cm³/mol. The molecule has 1 aromatic carbocycles. The molecule has 0 atom stereocenters. The summed E-state index contributed by atoms with van der Waals surface area (Å²) in [5.74, 6) is -0.182. The van der Waals surface area contributed by atoms with Gasteiger partial charge in [-0.3, -0.25) is 14.2 Å². The summed E-state index contributed by atoms with van der Waals surface area (Å²) in [5, 5.41) is 11.9. The van der Waals surface area contributed by atoms with Crippen LogP contribution in [0.5, 0.6) is 0 Å². The van der Waals surface area contributed by atoms with E-state index >= 15 is 0 Å². The summed E-state index contributed by atoms with van der Waals surface area (Å²) in [6.45, 7) is 2.97. The van der Waals surface area contributed by atoms with E-state index in [4.69, 9.17) is 11.6 Å². The Labute approximate surface area is 157 Å². The third-order valence-corrected chi connectivity index (χ3v) is 4.51. The number of benzene rings is 1. The molecule has 0 unspecified atom stereocenters. The molecule has 0 spiro atoms. The van der Waals surface area contributed by atoms with Gasteiger partial charge in [-0.25, -0.2) is 0 Å². The van der Waals surface area contributed by atoms with Crippen molar-refractivity contribution < 1.29 is 4.79 Å². The van der Waals surface area contributed by atoms with Gasteiger partial charge in [0.25, 0.3) is 0 Å². The molecule has 0 fully saturated rings. The van der Waals surface area contributed by atoms with Crippen molar-refractivity contribution >= 4 is 23.6 Å². The number of rotatable bonds is 6. The lowest BCUT2D eigenvalue weighted by atomic mass is 10.1. The van der Waals surface area contributed by atoms with Gasteiger partial charge in [0.05, 0.1) is 12.2 Å². The van der Waals surface area contributed by atoms with Crippen LogP contribution < -0.4 is 5.32 Å². The van der Waals surface area contributed by atoms with E-state index in [0.717, 1.165) is 22.4 Å². The van der Waals surface area contributed by atoms with Crippen molar-refractivity contribution in [3.8, 4) is 0 Å². The second-order valence-electron chi connectivity index (χ2n) is 5.94. The van der Waals surface area contributed by atoms with Gasteiger partial charge < -0.3 is 5.32 Å². The average Bonchev–Trinajstić information content (AvgIpc) is 3.21. The van der Waals surface area contributed by atoms with Crippen molar-refractivity contribution in [1.29, 1.82) is 0 Å². The largest absolute Gasteiger partial charge is 0.348 e. The third kappa shape index (κ3) is 4.21. The number of aryl methyl sites for hydroxylation is 2. The molecule has 2 heterocycles. The summed E-state index contributed by atoms with van der Waals surface area (Å²) in [5.41, 5.74) is 3.71. The quantitative estimate of drug-likeness (QED) is 0.679. The normalized spacial score (nSPS) is 11.2. The number of carbonyl (C=O) groups excluding carboxylic acids is 1. The Morgan fingerprint density at radius 2 is 2.04 bits per heavy atom. The standard InChI is InChI=1S/C19H20ClN5O/c1-14-17(19(20)24(2)23-14)8-9-18(26)21-12-15-6-3-4-7-16(15)13-25-11-5-10-22-25/h3-11H,12-13H2,1-2H3,(H,21,26)/b9-8+. The van der Waals surface area contributed by atoms with Crippen molar-refractivity contribution in [1.82, 2.24) is 24.9 Å². The van der Waals surface area contributed by atoms with Gasteiger partial charge in [-0.1, -0.05) is 35.9 Å². The van der Waals surface area contributed by atoms with Gasteiger partial charge in [-0.15, -0.1) is 0 Å². The maximum absolute atomic E-state index is 12.2. The number of hydrogen-bond acceptors (Lipinski definition) is 3. The molecule has 1 amide bonds. The molecule has 7 heteroatoms. The first-order valence-electron chi connectivity index (χ1n) is 8.24. The Morgan fingerprint density at radius 3 is 2.69 bits per heavy atom. The van der Waals surface area contributed by atoms with Gasteiger partial charge in [-0.05, 0) is 30.2 Å². The summed E-state index contributed by atoms with van der Waals surface area (Å²) < 4.78 is 3.44. The first kappa shape index (κ1) is 17.9.